The summed E-state index contributed by atoms with van der Waals surface area (Å²) < 4.78 is 10.5. The third kappa shape index (κ3) is 5.66. The molecule has 0 radical (unpaired) electrons. The number of hydrogen-bond acceptors (Lipinski definition) is 5. The highest BCUT2D eigenvalue weighted by Crippen LogP contribution is 2.42. The SMILES string of the molecule is COc1ccccc1CC[C@@H]1CCc2cc([C@H]3CC[C@](N)(COP(O)O)C3)ccc2C1. The van der Waals surface area contributed by atoms with Crippen LogP contribution in [0, 0.1) is 5.92 Å². The summed E-state index contributed by atoms with van der Waals surface area (Å²) in [7, 11) is -0.590. The maximum Gasteiger partial charge on any atom is 0.327 e. The molecule has 0 amide bonds. The van der Waals surface area contributed by atoms with Crippen molar-refractivity contribution >= 4 is 8.60 Å². The van der Waals surface area contributed by atoms with Gasteiger partial charge in [0.1, 0.15) is 5.75 Å². The van der Waals surface area contributed by atoms with Gasteiger partial charge in [0.15, 0.2) is 0 Å². The topological polar surface area (TPSA) is 84.9 Å². The third-order valence-corrected chi connectivity index (χ3v) is 7.52. The number of benzene rings is 2. The maximum absolute atomic E-state index is 9.03. The van der Waals surface area contributed by atoms with Crippen LogP contribution in [0.5, 0.6) is 5.75 Å². The fourth-order valence-electron chi connectivity index (χ4n) is 5.38. The van der Waals surface area contributed by atoms with Gasteiger partial charge in [-0.1, -0.05) is 36.4 Å². The molecule has 0 bridgehead atoms. The molecule has 0 spiro atoms. The van der Waals surface area contributed by atoms with Crippen LogP contribution >= 0.6 is 8.60 Å². The van der Waals surface area contributed by atoms with E-state index in [9.17, 15) is 0 Å². The Morgan fingerprint density at radius 2 is 1.97 bits per heavy atom. The lowest BCUT2D eigenvalue weighted by atomic mass is 9.79. The molecule has 3 atom stereocenters. The minimum Gasteiger partial charge on any atom is -0.496 e. The molecule has 31 heavy (non-hydrogen) atoms. The number of rotatable bonds is 8. The molecule has 2 aliphatic carbocycles. The molecule has 4 rings (SSSR count). The summed E-state index contributed by atoms with van der Waals surface area (Å²) in [5.74, 6) is 2.14. The lowest BCUT2D eigenvalue weighted by molar-refractivity contribution is 0.190. The van der Waals surface area contributed by atoms with Crippen LogP contribution in [-0.2, 0) is 23.8 Å². The van der Waals surface area contributed by atoms with E-state index in [0.29, 0.717) is 5.92 Å². The van der Waals surface area contributed by atoms with Crippen LogP contribution in [0.3, 0.4) is 0 Å². The van der Waals surface area contributed by atoms with E-state index in [0.717, 1.165) is 50.2 Å². The number of ether oxygens (including phenoxy) is 1. The lowest BCUT2D eigenvalue weighted by Gasteiger charge is -2.27. The van der Waals surface area contributed by atoms with Gasteiger partial charge in [-0.2, -0.15) is 0 Å². The minimum absolute atomic E-state index is 0.209. The average molecular weight is 444 g/mol. The molecule has 0 unspecified atom stereocenters. The first-order valence-electron chi connectivity index (χ1n) is 11.3. The number of para-hydroxylation sites is 1. The quantitative estimate of drug-likeness (QED) is 0.518. The van der Waals surface area contributed by atoms with Gasteiger partial charge in [0.05, 0.1) is 13.7 Å². The monoisotopic (exact) mass is 443 g/mol. The molecule has 2 aromatic rings. The van der Waals surface area contributed by atoms with E-state index >= 15 is 0 Å². The molecule has 1 saturated carbocycles. The lowest BCUT2D eigenvalue weighted by Crippen LogP contribution is -2.41. The second kappa shape index (κ2) is 9.97. The average Bonchev–Trinajstić information content (AvgIpc) is 3.18. The number of methoxy groups -OCH3 is 1. The van der Waals surface area contributed by atoms with Gasteiger partial charge in [-0.15, -0.1) is 0 Å². The summed E-state index contributed by atoms with van der Waals surface area (Å²) in [5.41, 5.74) is 11.6. The molecular weight excluding hydrogens is 409 g/mol. The predicted octanol–water partition coefficient (Wildman–Crippen LogP) is 4.63. The zero-order valence-electron chi connectivity index (χ0n) is 18.3. The van der Waals surface area contributed by atoms with Gasteiger partial charge in [-0.25, -0.2) is 0 Å². The zero-order valence-corrected chi connectivity index (χ0v) is 19.2. The molecule has 5 nitrogen and oxygen atoms in total. The summed E-state index contributed by atoms with van der Waals surface area (Å²) in [6, 6.07) is 15.3. The van der Waals surface area contributed by atoms with Crippen molar-refractivity contribution in [2.75, 3.05) is 13.7 Å². The van der Waals surface area contributed by atoms with Gasteiger partial charge >= 0.3 is 8.60 Å². The molecule has 2 aromatic carbocycles. The van der Waals surface area contributed by atoms with E-state index in [1.165, 1.54) is 35.1 Å². The molecule has 0 heterocycles. The van der Waals surface area contributed by atoms with Gasteiger partial charge in [0.2, 0.25) is 0 Å². The van der Waals surface area contributed by atoms with Crippen molar-refractivity contribution < 1.29 is 19.0 Å². The van der Waals surface area contributed by atoms with Crippen LogP contribution in [0.25, 0.3) is 0 Å². The van der Waals surface area contributed by atoms with Gasteiger partial charge < -0.3 is 24.8 Å². The molecular formula is C25H34NO4P. The number of fused-ring (bicyclic) bond motifs is 1. The number of nitrogens with two attached hydrogens (primary N) is 1. The Bertz CT molecular complexity index is 890. The summed E-state index contributed by atoms with van der Waals surface area (Å²) in [5, 5.41) is 0. The number of hydrogen-bond donors (Lipinski definition) is 3. The first-order chi connectivity index (χ1) is 15.0. The van der Waals surface area contributed by atoms with Crippen LogP contribution in [0.2, 0.25) is 0 Å². The van der Waals surface area contributed by atoms with E-state index in [1.807, 2.05) is 12.1 Å². The highest BCUT2D eigenvalue weighted by Gasteiger charge is 2.37. The zero-order chi connectivity index (χ0) is 21.8. The van der Waals surface area contributed by atoms with Crippen molar-refractivity contribution in [3.8, 4) is 5.75 Å². The summed E-state index contributed by atoms with van der Waals surface area (Å²) in [6.07, 6.45) is 8.49. The molecule has 1 fully saturated rings. The van der Waals surface area contributed by atoms with E-state index in [4.69, 9.17) is 24.8 Å². The highest BCUT2D eigenvalue weighted by atomic mass is 31.2. The van der Waals surface area contributed by atoms with Crippen LogP contribution in [0.1, 0.15) is 60.3 Å². The first kappa shape index (κ1) is 22.7. The second-order valence-corrected chi connectivity index (χ2v) is 10.1. The normalized spacial score (nSPS) is 25.6. The molecule has 0 saturated heterocycles. The van der Waals surface area contributed by atoms with E-state index in [2.05, 4.69) is 30.3 Å². The highest BCUT2D eigenvalue weighted by molar-refractivity contribution is 7.39. The summed E-state index contributed by atoms with van der Waals surface area (Å²) >= 11 is 0. The molecule has 0 aromatic heterocycles. The molecule has 4 N–H and O–H groups in total. The van der Waals surface area contributed by atoms with Crippen molar-refractivity contribution in [3.05, 3.63) is 64.7 Å². The van der Waals surface area contributed by atoms with Crippen molar-refractivity contribution in [3.63, 3.8) is 0 Å². The second-order valence-electron chi connectivity index (χ2n) is 9.32. The largest absolute Gasteiger partial charge is 0.496 e. The molecule has 6 heteroatoms. The molecule has 168 valence electrons. The predicted molar refractivity (Wildman–Crippen MR) is 124 cm³/mol. The van der Waals surface area contributed by atoms with Crippen molar-refractivity contribution in [2.45, 2.75) is 62.8 Å². The fourth-order valence-corrected chi connectivity index (χ4v) is 5.75. The summed E-state index contributed by atoms with van der Waals surface area (Å²) in [6.45, 7) is 0.209. The first-order valence-corrected chi connectivity index (χ1v) is 12.5. The van der Waals surface area contributed by atoms with Crippen LogP contribution in [0.15, 0.2) is 42.5 Å². The fraction of sp³-hybridized carbons (Fsp3) is 0.520. The molecule has 0 aliphatic heterocycles. The van der Waals surface area contributed by atoms with E-state index < -0.39 is 14.1 Å². The maximum atomic E-state index is 9.03. The van der Waals surface area contributed by atoms with Crippen molar-refractivity contribution in [1.82, 2.24) is 0 Å². The Morgan fingerprint density at radius 1 is 1.13 bits per heavy atom. The number of aryl methyl sites for hydroxylation is 2. The Balaban J connectivity index is 1.35. The van der Waals surface area contributed by atoms with Gasteiger partial charge in [-0.3, -0.25) is 0 Å². The van der Waals surface area contributed by atoms with Gasteiger partial charge in [0, 0.05) is 5.54 Å². The molecule has 2 aliphatic rings. The van der Waals surface area contributed by atoms with Gasteiger partial charge in [-0.05, 0) is 91.5 Å². The van der Waals surface area contributed by atoms with Crippen molar-refractivity contribution in [2.24, 2.45) is 11.7 Å². The Hall–Kier alpha value is -1.49. The Labute approximate surface area is 186 Å². The van der Waals surface area contributed by atoms with Crippen LogP contribution < -0.4 is 10.5 Å². The smallest absolute Gasteiger partial charge is 0.327 e. The standard InChI is InChI=1S/C25H34NO4P/c1-29-24-5-3-2-4-19(24)8-6-18-7-9-21-15-22(11-10-20(21)14-18)23-12-13-25(26,16-23)17-30-31(27)28/h2-5,10-11,15,18,23,27-28H,6-9,12-14,16-17,26H2,1H3/t18-,23+,25-/m1/s1. The Morgan fingerprint density at radius 3 is 2.77 bits per heavy atom. The van der Waals surface area contributed by atoms with Gasteiger partial charge in [0.25, 0.3) is 0 Å². The summed E-state index contributed by atoms with van der Waals surface area (Å²) in [4.78, 5) is 18.1. The minimum atomic E-state index is -2.34. The third-order valence-electron chi connectivity index (χ3n) is 7.16. The van der Waals surface area contributed by atoms with E-state index in [1.54, 1.807) is 7.11 Å². The van der Waals surface area contributed by atoms with E-state index in [-0.39, 0.29) is 6.61 Å². The Kier molecular flexibility index (Phi) is 7.30. The van der Waals surface area contributed by atoms with Crippen LogP contribution in [0.4, 0.5) is 0 Å². The van der Waals surface area contributed by atoms with Crippen molar-refractivity contribution in [1.29, 1.82) is 0 Å². The van der Waals surface area contributed by atoms with Crippen LogP contribution in [-0.4, -0.2) is 29.0 Å².